The number of nitrogens with zero attached hydrogens (tertiary/aromatic N) is 1. The minimum atomic E-state index is -4.71. The summed E-state index contributed by atoms with van der Waals surface area (Å²) in [6, 6.07) is 3.26. The van der Waals surface area contributed by atoms with Crippen LogP contribution in [0.5, 0.6) is 0 Å². The molecule has 0 saturated heterocycles. The van der Waals surface area contributed by atoms with Crippen LogP contribution in [0.1, 0.15) is 16.7 Å². The van der Waals surface area contributed by atoms with E-state index in [4.69, 9.17) is 0 Å². The molecular weight excluding hydrogens is 389 g/mol. The average Bonchev–Trinajstić information content (AvgIpc) is 3.03. The van der Waals surface area contributed by atoms with Gasteiger partial charge in [-0.2, -0.15) is 17.8 Å². The Hall–Kier alpha value is -3.02. The Balaban J connectivity index is 2.29. The van der Waals surface area contributed by atoms with Crippen LogP contribution < -0.4 is 16.1 Å². The maximum atomic E-state index is 13.4. The van der Waals surface area contributed by atoms with Crippen molar-refractivity contribution in [2.75, 3.05) is 11.1 Å². The summed E-state index contributed by atoms with van der Waals surface area (Å²) in [4.78, 5) is 30.9. The van der Waals surface area contributed by atoms with E-state index < -0.39 is 33.0 Å². The number of hydrogen-bond donors (Lipinski definition) is 3. The molecule has 3 aromatic rings. The number of rotatable bonds is 4. The van der Waals surface area contributed by atoms with E-state index in [9.17, 15) is 31.2 Å². The van der Waals surface area contributed by atoms with Crippen LogP contribution >= 0.6 is 0 Å². The predicted octanol–water partition coefficient (Wildman–Crippen LogP) is 1.13. The minimum Gasteiger partial charge on any atom is -0.367 e. The number of alkyl halides is 3. The van der Waals surface area contributed by atoms with Crippen molar-refractivity contribution in [3.63, 3.8) is 0 Å². The number of halogens is 3. The third kappa shape index (κ3) is 3.89. The number of nitrogens with one attached hydrogen (secondary N) is 3. The molecule has 0 bridgehead atoms. The largest absolute Gasteiger partial charge is 0.416 e. The van der Waals surface area contributed by atoms with Crippen molar-refractivity contribution >= 4 is 20.9 Å². The second kappa shape index (κ2) is 6.30. The molecule has 8 nitrogen and oxygen atoms in total. The van der Waals surface area contributed by atoms with Gasteiger partial charge in [-0.05, 0) is 35.7 Å². The summed E-state index contributed by atoms with van der Waals surface area (Å²) in [5.41, 5.74) is -3.27. The van der Waals surface area contributed by atoms with Crippen molar-refractivity contribution < 1.29 is 21.6 Å². The molecule has 3 rings (SSSR count). The molecule has 0 aliphatic heterocycles. The van der Waals surface area contributed by atoms with Crippen LogP contribution in [0, 0.1) is 0 Å². The van der Waals surface area contributed by atoms with Gasteiger partial charge in [0.25, 0.3) is 5.56 Å². The summed E-state index contributed by atoms with van der Waals surface area (Å²) in [5, 5.41) is -0.260. The van der Waals surface area contributed by atoms with Gasteiger partial charge in [0.2, 0.25) is 10.0 Å². The normalized spacial score (nSPS) is 12.4. The number of aromatic nitrogens is 3. The summed E-state index contributed by atoms with van der Waals surface area (Å²) in [7, 11) is -3.96. The lowest BCUT2D eigenvalue weighted by molar-refractivity contribution is -0.138. The predicted molar refractivity (Wildman–Crippen MR) is 91.6 cm³/mol. The first-order chi connectivity index (χ1) is 12.5. The van der Waals surface area contributed by atoms with Crippen molar-refractivity contribution in [2.24, 2.45) is 0 Å². The monoisotopic (exact) mass is 402 g/mol. The Kier molecular flexibility index (Phi) is 4.38. The van der Waals surface area contributed by atoms with Gasteiger partial charge in [-0.15, -0.1) is 0 Å². The summed E-state index contributed by atoms with van der Waals surface area (Å²) in [6.07, 6.45) is -1.04. The second-order valence-electron chi connectivity index (χ2n) is 5.88. The van der Waals surface area contributed by atoms with E-state index in [0.717, 1.165) is 12.3 Å². The minimum absolute atomic E-state index is 0.119. The molecule has 0 radical (unpaired) electrons. The molecule has 0 saturated carbocycles. The maximum Gasteiger partial charge on any atom is 0.416 e. The average molecular weight is 402 g/mol. The van der Waals surface area contributed by atoms with Gasteiger partial charge in [0.05, 0.1) is 22.7 Å². The number of hydrogen-bond acceptors (Lipinski definition) is 4. The first-order valence-corrected chi connectivity index (χ1v) is 9.33. The van der Waals surface area contributed by atoms with Gasteiger partial charge in [-0.3, -0.25) is 4.79 Å². The molecule has 144 valence electrons. The fourth-order valence-electron chi connectivity index (χ4n) is 2.66. The zero-order valence-electron chi connectivity index (χ0n) is 13.7. The van der Waals surface area contributed by atoms with Gasteiger partial charge >= 0.3 is 11.9 Å². The van der Waals surface area contributed by atoms with Crippen LogP contribution in [0.4, 0.5) is 13.2 Å². The maximum absolute atomic E-state index is 13.4. The summed E-state index contributed by atoms with van der Waals surface area (Å²) < 4.78 is 63.2. The van der Waals surface area contributed by atoms with E-state index in [-0.39, 0.29) is 27.6 Å². The number of fused-ring (bicyclic) bond motifs is 1. The van der Waals surface area contributed by atoms with Crippen LogP contribution in [-0.4, -0.2) is 29.3 Å². The van der Waals surface area contributed by atoms with Gasteiger partial charge < -0.3 is 9.97 Å². The molecule has 27 heavy (non-hydrogen) atoms. The highest BCUT2D eigenvalue weighted by molar-refractivity contribution is 7.91. The molecule has 0 spiro atoms. The zero-order valence-corrected chi connectivity index (χ0v) is 14.5. The molecular formula is C15H13F3N4O4S. The smallest absolute Gasteiger partial charge is 0.367 e. The Bertz CT molecular complexity index is 1220. The van der Waals surface area contributed by atoms with E-state index in [1.807, 2.05) is 0 Å². The summed E-state index contributed by atoms with van der Waals surface area (Å²) >= 11 is 0. The third-order valence-electron chi connectivity index (χ3n) is 3.74. The molecule has 0 unspecified atom stereocenters. The topological polar surface area (TPSA) is 117 Å². The van der Waals surface area contributed by atoms with Crippen LogP contribution in [-0.2, 0) is 22.6 Å². The second-order valence-corrected chi connectivity index (χ2v) is 7.61. The molecule has 0 aliphatic rings. The quantitative estimate of drug-likeness (QED) is 0.607. The standard InChI is InChI=1S/C15H13F3N4O4S/c1-27(25,26)21-22-13(23)10-5-9(4-8-2-3-19-7-8)11(15(16,17)18)6-12(10)20-14(22)24/h2-3,5-7,19,21H,4H2,1H3,(H,20,24). The molecule has 0 aliphatic carbocycles. The first-order valence-electron chi connectivity index (χ1n) is 7.44. The van der Waals surface area contributed by atoms with Gasteiger partial charge in [0, 0.05) is 12.4 Å². The highest BCUT2D eigenvalue weighted by atomic mass is 32.2. The lowest BCUT2D eigenvalue weighted by Gasteiger charge is -2.15. The molecule has 0 fully saturated rings. The van der Waals surface area contributed by atoms with Crippen molar-refractivity contribution in [3.05, 3.63) is 68.1 Å². The van der Waals surface area contributed by atoms with Crippen LogP contribution in [0.3, 0.4) is 0 Å². The number of H-pyrrole nitrogens is 2. The van der Waals surface area contributed by atoms with E-state index >= 15 is 0 Å². The highest BCUT2D eigenvalue weighted by Crippen LogP contribution is 2.34. The number of aromatic amines is 2. The lowest BCUT2D eigenvalue weighted by Crippen LogP contribution is -2.43. The lowest BCUT2D eigenvalue weighted by atomic mass is 9.98. The Morgan fingerprint density at radius 1 is 1.22 bits per heavy atom. The summed E-state index contributed by atoms with van der Waals surface area (Å²) in [6.45, 7) is 0. The SMILES string of the molecule is CS(=O)(=O)Nn1c(=O)[nH]c2cc(C(F)(F)F)c(Cc3cc[nH]c3)cc2c1=O. The molecule has 3 N–H and O–H groups in total. The van der Waals surface area contributed by atoms with Gasteiger partial charge in [0.15, 0.2) is 0 Å². The van der Waals surface area contributed by atoms with Crippen molar-refractivity contribution in [2.45, 2.75) is 12.6 Å². The Morgan fingerprint density at radius 3 is 2.48 bits per heavy atom. The van der Waals surface area contributed by atoms with Crippen LogP contribution in [0.15, 0.2) is 40.2 Å². The highest BCUT2D eigenvalue weighted by Gasteiger charge is 2.34. The molecule has 0 amide bonds. The van der Waals surface area contributed by atoms with E-state index in [1.54, 1.807) is 17.1 Å². The van der Waals surface area contributed by atoms with E-state index in [0.29, 0.717) is 11.6 Å². The fourth-order valence-corrected chi connectivity index (χ4v) is 3.15. The molecule has 1 aromatic carbocycles. The van der Waals surface area contributed by atoms with Gasteiger partial charge in [-0.1, -0.05) is 0 Å². The Morgan fingerprint density at radius 2 is 1.93 bits per heavy atom. The zero-order chi connectivity index (χ0) is 20.0. The summed E-state index contributed by atoms with van der Waals surface area (Å²) in [5.74, 6) is 0. The van der Waals surface area contributed by atoms with Crippen molar-refractivity contribution in [1.29, 1.82) is 0 Å². The van der Waals surface area contributed by atoms with Crippen LogP contribution in [0.2, 0.25) is 0 Å². The fraction of sp³-hybridized carbons (Fsp3) is 0.200. The number of sulfonamides is 1. The van der Waals surface area contributed by atoms with Crippen molar-refractivity contribution in [1.82, 2.24) is 14.6 Å². The molecule has 12 heteroatoms. The molecule has 2 heterocycles. The van der Waals surface area contributed by atoms with E-state index in [1.165, 1.54) is 6.20 Å². The van der Waals surface area contributed by atoms with Crippen LogP contribution in [0.25, 0.3) is 10.9 Å². The number of benzene rings is 1. The van der Waals surface area contributed by atoms with Gasteiger partial charge in [0.1, 0.15) is 0 Å². The third-order valence-corrected chi connectivity index (χ3v) is 4.26. The van der Waals surface area contributed by atoms with Crippen molar-refractivity contribution in [3.8, 4) is 0 Å². The molecule has 0 atom stereocenters. The van der Waals surface area contributed by atoms with E-state index in [2.05, 4.69) is 9.97 Å². The Labute approximate surface area is 149 Å². The molecule has 2 aromatic heterocycles. The first kappa shape index (κ1) is 18.8. The van der Waals surface area contributed by atoms with Gasteiger partial charge in [-0.25, -0.2) is 18.0 Å².